The molecule has 5 rings (SSSR count). The normalized spacial score (nSPS) is 15.4. The summed E-state index contributed by atoms with van der Waals surface area (Å²) in [6.07, 6.45) is 5.73. The largest absolute Gasteiger partial charge is 0.324 e. The lowest BCUT2D eigenvalue weighted by atomic mass is 9.87. The van der Waals surface area contributed by atoms with E-state index in [9.17, 15) is 9.59 Å². The van der Waals surface area contributed by atoms with Crippen LogP contribution in [0.5, 0.6) is 0 Å². The van der Waals surface area contributed by atoms with Crippen molar-refractivity contribution in [1.29, 1.82) is 0 Å². The first kappa shape index (κ1) is 26.9. The molecule has 4 heterocycles. The molecule has 9 nitrogen and oxygen atoms in total. The molecule has 0 spiro atoms. The number of aromatic nitrogens is 5. The molecule has 0 radical (unpaired) electrons. The highest BCUT2D eigenvalue weighted by molar-refractivity contribution is 5.77. The highest BCUT2D eigenvalue weighted by Crippen LogP contribution is 2.31. The molecule has 206 valence electrons. The summed E-state index contributed by atoms with van der Waals surface area (Å²) in [6.45, 7) is 14.3. The summed E-state index contributed by atoms with van der Waals surface area (Å²) in [5.74, 6) is 0.997. The predicted octanol–water partition coefficient (Wildman–Crippen LogP) is 4.94. The predicted molar refractivity (Wildman–Crippen MR) is 157 cm³/mol. The Morgan fingerprint density at radius 3 is 2.41 bits per heavy atom. The van der Waals surface area contributed by atoms with Gasteiger partial charge in [-0.15, -0.1) is 0 Å². The first-order valence-corrected chi connectivity index (χ1v) is 13.7. The van der Waals surface area contributed by atoms with E-state index >= 15 is 0 Å². The van der Waals surface area contributed by atoms with E-state index in [4.69, 9.17) is 4.98 Å². The highest BCUT2D eigenvalue weighted by atomic mass is 16.1. The van der Waals surface area contributed by atoms with E-state index in [1.54, 1.807) is 32.4 Å². The number of piperidine rings is 1. The van der Waals surface area contributed by atoms with Crippen LogP contribution in [-0.2, 0) is 5.54 Å². The summed E-state index contributed by atoms with van der Waals surface area (Å²) in [4.78, 5) is 37.7. The summed E-state index contributed by atoms with van der Waals surface area (Å²) in [6, 6.07) is 9.59. The average Bonchev–Trinajstić information content (AvgIpc) is 3.16. The van der Waals surface area contributed by atoms with E-state index in [0.29, 0.717) is 28.6 Å². The van der Waals surface area contributed by atoms with Gasteiger partial charge in [0.25, 0.3) is 11.1 Å². The fraction of sp³-hybridized carbons (Fsp3) is 0.467. The minimum absolute atomic E-state index is 0.0998. The summed E-state index contributed by atoms with van der Waals surface area (Å²) in [5, 5.41) is 3.77. The first-order chi connectivity index (χ1) is 18.4. The van der Waals surface area contributed by atoms with Gasteiger partial charge in [0.2, 0.25) is 5.95 Å². The van der Waals surface area contributed by atoms with Gasteiger partial charge in [-0.25, -0.2) is 14.3 Å². The second-order valence-electron chi connectivity index (χ2n) is 12.0. The highest BCUT2D eigenvalue weighted by Gasteiger charge is 2.23. The second-order valence-corrected chi connectivity index (χ2v) is 12.0. The monoisotopic (exact) mass is 529 g/mol. The zero-order chi connectivity index (χ0) is 28.1. The van der Waals surface area contributed by atoms with Gasteiger partial charge in [0, 0.05) is 35.7 Å². The van der Waals surface area contributed by atoms with Crippen molar-refractivity contribution in [3.63, 3.8) is 0 Å². The third-order valence-electron chi connectivity index (χ3n) is 7.66. The second kappa shape index (κ2) is 10.1. The number of aryl methyl sites for hydroxylation is 1. The summed E-state index contributed by atoms with van der Waals surface area (Å²) >= 11 is 0. The van der Waals surface area contributed by atoms with Gasteiger partial charge in [-0.3, -0.25) is 9.59 Å². The number of fused-ring (bicyclic) bond motifs is 1. The molecule has 0 aliphatic carbocycles. The molecular formula is C30H39N7O2. The van der Waals surface area contributed by atoms with Gasteiger partial charge >= 0.3 is 0 Å². The van der Waals surface area contributed by atoms with Crippen LogP contribution in [0.25, 0.3) is 16.7 Å². The molecule has 39 heavy (non-hydrogen) atoms. The SMILES string of the molecule is Cc1cc(Nc2ncc3c(=O)n(C(C)C)n(-c4ccc(=O)n(C(C)(C)C)c4)c3n2)ccc1C1CCN(C)CC1. The Kier molecular flexibility index (Phi) is 6.97. The summed E-state index contributed by atoms with van der Waals surface area (Å²) < 4.78 is 5.14. The Morgan fingerprint density at radius 1 is 1.05 bits per heavy atom. The number of hydrogen-bond acceptors (Lipinski definition) is 6. The lowest BCUT2D eigenvalue weighted by Gasteiger charge is -2.30. The fourth-order valence-corrected chi connectivity index (χ4v) is 5.56. The molecule has 1 saturated heterocycles. The summed E-state index contributed by atoms with van der Waals surface area (Å²) in [7, 11) is 2.18. The Labute approximate surface area is 229 Å². The average molecular weight is 530 g/mol. The number of anilines is 2. The number of nitrogens with zero attached hydrogens (tertiary/aromatic N) is 6. The molecule has 4 aromatic rings. The van der Waals surface area contributed by atoms with Crippen LogP contribution in [0.2, 0.25) is 0 Å². The lowest BCUT2D eigenvalue weighted by Crippen LogP contribution is -2.34. The molecule has 1 fully saturated rings. The van der Waals surface area contributed by atoms with Crippen molar-refractivity contribution in [1.82, 2.24) is 28.8 Å². The minimum atomic E-state index is -0.418. The topological polar surface area (TPSA) is 90.0 Å². The smallest absolute Gasteiger partial charge is 0.278 e. The standard InChI is InChI=1S/C30H39N7O2/c1-19(2)36-28(39)25-17-31-29(32-22-8-10-24(20(3)16-22)21-12-14-34(7)15-13-21)33-27(25)37(36)23-9-11-26(38)35(18-23)30(4,5)6/h8-11,16-19,21H,12-15H2,1-7H3,(H,31,32,33). The van der Waals surface area contributed by atoms with Crippen molar-refractivity contribution in [2.75, 3.05) is 25.5 Å². The molecule has 9 heteroatoms. The van der Waals surface area contributed by atoms with Gasteiger partial charge < -0.3 is 14.8 Å². The lowest BCUT2D eigenvalue weighted by molar-refractivity contribution is 0.255. The van der Waals surface area contributed by atoms with E-state index in [-0.39, 0.29) is 17.2 Å². The van der Waals surface area contributed by atoms with Crippen LogP contribution in [0.15, 0.2) is 52.3 Å². The zero-order valence-electron chi connectivity index (χ0n) is 24.0. The molecular weight excluding hydrogens is 490 g/mol. The molecule has 1 aliphatic heterocycles. The first-order valence-electron chi connectivity index (χ1n) is 13.7. The molecule has 1 N–H and O–H groups in total. The van der Waals surface area contributed by atoms with Crippen LogP contribution in [0.3, 0.4) is 0 Å². The fourth-order valence-electron chi connectivity index (χ4n) is 5.56. The molecule has 0 atom stereocenters. The number of rotatable bonds is 5. The molecule has 3 aromatic heterocycles. The molecule has 1 aromatic carbocycles. The van der Waals surface area contributed by atoms with Gasteiger partial charge in [-0.05, 0) is 110 Å². The van der Waals surface area contributed by atoms with Crippen molar-refractivity contribution >= 4 is 22.7 Å². The maximum Gasteiger partial charge on any atom is 0.278 e. The Morgan fingerprint density at radius 2 is 1.77 bits per heavy atom. The number of benzene rings is 1. The number of pyridine rings is 1. The number of hydrogen-bond donors (Lipinski definition) is 1. The van der Waals surface area contributed by atoms with E-state index in [1.165, 1.54) is 30.0 Å². The third kappa shape index (κ3) is 5.15. The van der Waals surface area contributed by atoms with Crippen molar-refractivity contribution in [2.24, 2.45) is 0 Å². The van der Waals surface area contributed by atoms with Crippen LogP contribution >= 0.6 is 0 Å². The van der Waals surface area contributed by atoms with E-state index in [2.05, 4.69) is 47.4 Å². The molecule has 1 aliphatic rings. The third-order valence-corrected chi connectivity index (χ3v) is 7.66. The van der Waals surface area contributed by atoms with E-state index in [1.807, 2.05) is 34.6 Å². The van der Waals surface area contributed by atoms with Crippen LogP contribution in [0.4, 0.5) is 11.6 Å². The zero-order valence-corrected chi connectivity index (χ0v) is 24.0. The number of nitrogens with one attached hydrogen (secondary N) is 1. The van der Waals surface area contributed by atoms with E-state index < -0.39 is 5.54 Å². The molecule has 0 unspecified atom stereocenters. The molecule has 0 amide bonds. The Hall–Kier alpha value is -3.72. The van der Waals surface area contributed by atoms with Crippen molar-refractivity contribution in [3.05, 3.63) is 74.6 Å². The quantitative estimate of drug-likeness (QED) is 0.394. The maximum absolute atomic E-state index is 13.4. The van der Waals surface area contributed by atoms with Gasteiger partial charge in [-0.2, -0.15) is 4.98 Å². The minimum Gasteiger partial charge on any atom is -0.324 e. The van der Waals surface area contributed by atoms with Crippen LogP contribution < -0.4 is 16.4 Å². The van der Waals surface area contributed by atoms with Gasteiger partial charge in [0.05, 0.1) is 5.69 Å². The van der Waals surface area contributed by atoms with Crippen molar-refractivity contribution in [2.45, 2.75) is 71.9 Å². The van der Waals surface area contributed by atoms with Gasteiger partial charge in [0.15, 0.2) is 5.65 Å². The van der Waals surface area contributed by atoms with Gasteiger partial charge in [0.1, 0.15) is 5.39 Å². The van der Waals surface area contributed by atoms with Crippen LogP contribution in [0, 0.1) is 6.92 Å². The number of likely N-dealkylation sites (tertiary alicyclic amines) is 1. The van der Waals surface area contributed by atoms with E-state index in [0.717, 1.165) is 18.8 Å². The van der Waals surface area contributed by atoms with Crippen molar-refractivity contribution in [3.8, 4) is 5.69 Å². The van der Waals surface area contributed by atoms with Crippen LogP contribution in [-0.4, -0.2) is 48.9 Å². The summed E-state index contributed by atoms with van der Waals surface area (Å²) in [5.41, 5.74) is 4.05. The maximum atomic E-state index is 13.4. The molecule has 0 saturated carbocycles. The van der Waals surface area contributed by atoms with Crippen molar-refractivity contribution < 1.29 is 0 Å². The van der Waals surface area contributed by atoms with Gasteiger partial charge in [-0.1, -0.05) is 6.07 Å². The van der Waals surface area contributed by atoms with Crippen LogP contribution in [0.1, 0.15) is 70.5 Å². The Balaban J connectivity index is 1.55. The molecule has 0 bridgehead atoms. The Bertz CT molecular complexity index is 1630.